The van der Waals surface area contributed by atoms with Gasteiger partial charge in [0.15, 0.2) is 5.69 Å². The standard InChI is InChI=1S/C10H11N3O2/c1-3-4-5-11-9-6-8(10(14)15)12-7(2)13-9/h1,6H,4-5H2,2H3,(H,14,15)(H,11,12,13). The highest BCUT2D eigenvalue weighted by molar-refractivity contribution is 5.86. The molecule has 0 amide bonds. The molecular formula is C10H11N3O2. The minimum Gasteiger partial charge on any atom is -0.477 e. The molecule has 0 atom stereocenters. The Morgan fingerprint density at radius 3 is 3.00 bits per heavy atom. The Kier molecular flexibility index (Phi) is 3.63. The predicted molar refractivity (Wildman–Crippen MR) is 55.7 cm³/mol. The van der Waals surface area contributed by atoms with Gasteiger partial charge in [0.25, 0.3) is 0 Å². The summed E-state index contributed by atoms with van der Waals surface area (Å²) in [6.07, 6.45) is 5.64. The van der Waals surface area contributed by atoms with Crippen molar-refractivity contribution in [2.24, 2.45) is 0 Å². The van der Waals surface area contributed by atoms with E-state index in [0.717, 1.165) is 0 Å². The predicted octanol–water partition coefficient (Wildman–Crippen LogP) is 0.918. The van der Waals surface area contributed by atoms with Gasteiger partial charge in [0.2, 0.25) is 0 Å². The van der Waals surface area contributed by atoms with Crippen LogP contribution in [0, 0.1) is 19.3 Å². The SMILES string of the molecule is C#CCCNc1cc(C(=O)O)nc(C)n1. The molecule has 0 bridgehead atoms. The first-order valence-electron chi connectivity index (χ1n) is 4.40. The molecule has 0 radical (unpaired) electrons. The third kappa shape index (κ3) is 3.27. The highest BCUT2D eigenvalue weighted by atomic mass is 16.4. The van der Waals surface area contributed by atoms with E-state index >= 15 is 0 Å². The van der Waals surface area contributed by atoms with Gasteiger partial charge >= 0.3 is 5.97 Å². The zero-order chi connectivity index (χ0) is 11.3. The van der Waals surface area contributed by atoms with Crippen LogP contribution in [0.2, 0.25) is 0 Å². The number of hydrogen-bond donors (Lipinski definition) is 2. The van der Waals surface area contributed by atoms with Crippen molar-refractivity contribution in [2.75, 3.05) is 11.9 Å². The van der Waals surface area contributed by atoms with Crippen molar-refractivity contribution in [2.45, 2.75) is 13.3 Å². The fourth-order valence-corrected chi connectivity index (χ4v) is 1.03. The summed E-state index contributed by atoms with van der Waals surface area (Å²) >= 11 is 0. The summed E-state index contributed by atoms with van der Waals surface area (Å²) < 4.78 is 0. The van der Waals surface area contributed by atoms with E-state index in [1.165, 1.54) is 6.07 Å². The fourth-order valence-electron chi connectivity index (χ4n) is 1.03. The lowest BCUT2D eigenvalue weighted by Gasteiger charge is -2.04. The van der Waals surface area contributed by atoms with E-state index in [4.69, 9.17) is 11.5 Å². The molecule has 5 nitrogen and oxygen atoms in total. The summed E-state index contributed by atoms with van der Waals surface area (Å²) in [6.45, 7) is 2.20. The van der Waals surface area contributed by atoms with Crippen molar-refractivity contribution in [3.05, 3.63) is 17.6 Å². The summed E-state index contributed by atoms with van der Waals surface area (Å²) in [7, 11) is 0. The molecule has 5 heteroatoms. The van der Waals surface area contributed by atoms with E-state index in [1.807, 2.05) is 0 Å². The Morgan fingerprint density at radius 1 is 1.67 bits per heavy atom. The number of aryl methyl sites for hydroxylation is 1. The number of hydrogen-bond acceptors (Lipinski definition) is 4. The molecule has 78 valence electrons. The van der Waals surface area contributed by atoms with Gasteiger partial charge in [-0.2, -0.15) is 0 Å². The second-order valence-corrected chi connectivity index (χ2v) is 2.87. The van der Waals surface area contributed by atoms with E-state index in [0.29, 0.717) is 24.6 Å². The lowest BCUT2D eigenvalue weighted by molar-refractivity contribution is 0.0690. The van der Waals surface area contributed by atoms with E-state index in [9.17, 15) is 4.79 Å². The van der Waals surface area contributed by atoms with E-state index < -0.39 is 5.97 Å². The number of carbonyl (C=O) groups is 1. The van der Waals surface area contributed by atoms with Gasteiger partial charge in [-0.05, 0) is 6.92 Å². The normalized spacial score (nSPS) is 9.33. The lowest BCUT2D eigenvalue weighted by Crippen LogP contribution is -2.08. The number of carboxylic acids is 1. The van der Waals surface area contributed by atoms with E-state index in [-0.39, 0.29) is 5.69 Å². The Hall–Kier alpha value is -2.09. The zero-order valence-corrected chi connectivity index (χ0v) is 8.32. The molecule has 0 aliphatic rings. The second-order valence-electron chi connectivity index (χ2n) is 2.87. The average molecular weight is 205 g/mol. The molecular weight excluding hydrogens is 194 g/mol. The molecule has 0 saturated heterocycles. The number of terminal acetylenes is 1. The van der Waals surface area contributed by atoms with Crippen LogP contribution in [-0.2, 0) is 0 Å². The van der Waals surface area contributed by atoms with Crippen molar-refractivity contribution < 1.29 is 9.90 Å². The molecule has 15 heavy (non-hydrogen) atoms. The molecule has 0 unspecified atom stereocenters. The molecule has 0 fully saturated rings. The number of anilines is 1. The Morgan fingerprint density at radius 2 is 2.40 bits per heavy atom. The number of nitrogens with zero attached hydrogens (tertiary/aromatic N) is 2. The number of carboxylic acid groups (broad SMARTS) is 1. The summed E-state index contributed by atoms with van der Waals surface area (Å²) in [5.74, 6) is 2.30. The van der Waals surface area contributed by atoms with Gasteiger partial charge in [-0.15, -0.1) is 12.3 Å². The monoisotopic (exact) mass is 205 g/mol. The first kappa shape index (κ1) is 11.0. The summed E-state index contributed by atoms with van der Waals surface area (Å²) in [4.78, 5) is 18.5. The summed E-state index contributed by atoms with van der Waals surface area (Å²) in [5.41, 5.74) is -0.0225. The van der Waals surface area contributed by atoms with Crippen LogP contribution in [0.5, 0.6) is 0 Å². The van der Waals surface area contributed by atoms with Crippen LogP contribution in [0.1, 0.15) is 22.7 Å². The third-order valence-corrected chi connectivity index (χ3v) is 1.63. The zero-order valence-electron chi connectivity index (χ0n) is 8.32. The minimum atomic E-state index is -1.07. The third-order valence-electron chi connectivity index (χ3n) is 1.63. The first-order chi connectivity index (χ1) is 7.13. The Bertz CT molecular complexity index is 410. The average Bonchev–Trinajstić information content (AvgIpc) is 2.17. The maximum atomic E-state index is 10.7. The van der Waals surface area contributed by atoms with Crippen LogP contribution in [-0.4, -0.2) is 27.6 Å². The van der Waals surface area contributed by atoms with Gasteiger partial charge < -0.3 is 10.4 Å². The van der Waals surface area contributed by atoms with E-state index in [2.05, 4.69) is 21.2 Å². The molecule has 1 aromatic rings. The van der Waals surface area contributed by atoms with Gasteiger partial charge in [-0.1, -0.05) is 0 Å². The van der Waals surface area contributed by atoms with Gasteiger partial charge in [0.05, 0.1) is 0 Å². The van der Waals surface area contributed by atoms with Crippen molar-refractivity contribution in [1.82, 2.24) is 9.97 Å². The maximum Gasteiger partial charge on any atom is 0.354 e. The van der Waals surface area contributed by atoms with Crippen molar-refractivity contribution >= 4 is 11.8 Å². The number of aromatic nitrogens is 2. The van der Waals surface area contributed by atoms with Crippen LogP contribution in [0.15, 0.2) is 6.07 Å². The minimum absolute atomic E-state index is 0.0225. The van der Waals surface area contributed by atoms with Crippen molar-refractivity contribution in [1.29, 1.82) is 0 Å². The highest BCUT2D eigenvalue weighted by Crippen LogP contribution is 2.06. The molecule has 0 spiro atoms. The van der Waals surface area contributed by atoms with Crippen LogP contribution >= 0.6 is 0 Å². The maximum absolute atomic E-state index is 10.7. The number of nitrogens with one attached hydrogen (secondary N) is 1. The van der Waals surface area contributed by atoms with Crippen molar-refractivity contribution in [3.8, 4) is 12.3 Å². The van der Waals surface area contributed by atoms with Crippen LogP contribution in [0.25, 0.3) is 0 Å². The molecule has 1 heterocycles. The van der Waals surface area contributed by atoms with Gasteiger partial charge in [0.1, 0.15) is 11.6 Å². The van der Waals surface area contributed by atoms with Gasteiger partial charge in [-0.25, -0.2) is 14.8 Å². The summed E-state index contributed by atoms with van der Waals surface area (Å²) in [5, 5.41) is 11.7. The van der Waals surface area contributed by atoms with Crippen LogP contribution in [0.3, 0.4) is 0 Å². The number of aromatic carboxylic acids is 1. The second kappa shape index (κ2) is 4.96. The molecule has 0 aliphatic heterocycles. The molecule has 1 rings (SSSR count). The smallest absolute Gasteiger partial charge is 0.354 e. The lowest BCUT2D eigenvalue weighted by atomic mass is 10.3. The molecule has 1 aromatic heterocycles. The topological polar surface area (TPSA) is 75.1 Å². The molecule has 0 saturated carbocycles. The Balaban J connectivity index is 2.80. The Labute approximate surface area is 87.6 Å². The quantitative estimate of drug-likeness (QED) is 0.564. The molecule has 0 aromatic carbocycles. The van der Waals surface area contributed by atoms with Crippen LogP contribution in [0.4, 0.5) is 5.82 Å². The van der Waals surface area contributed by atoms with Crippen LogP contribution < -0.4 is 5.32 Å². The highest BCUT2D eigenvalue weighted by Gasteiger charge is 2.07. The van der Waals surface area contributed by atoms with Gasteiger partial charge in [0, 0.05) is 19.0 Å². The fraction of sp³-hybridized carbons (Fsp3) is 0.300. The van der Waals surface area contributed by atoms with Crippen molar-refractivity contribution in [3.63, 3.8) is 0 Å². The first-order valence-corrected chi connectivity index (χ1v) is 4.40. The molecule has 2 N–H and O–H groups in total. The summed E-state index contributed by atoms with van der Waals surface area (Å²) in [6, 6.07) is 1.38. The number of rotatable bonds is 4. The molecule has 0 aliphatic carbocycles. The van der Waals surface area contributed by atoms with Gasteiger partial charge in [-0.3, -0.25) is 0 Å². The largest absolute Gasteiger partial charge is 0.477 e. The van der Waals surface area contributed by atoms with E-state index in [1.54, 1.807) is 6.92 Å².